The number of aliphatic hydroxyl groups excluding tert-OH is 1. The number of anilines is 1. The summed E-state index contributed by atoms with van der Waals surface area (Å²) in [5.41, 5.74) is 5.74. The largest absolute Gasteiger partial charge is 0.491 e. The van der Waals surface area contributed by atoms with Crippen LogP contribution >= 0.6 is 0 Å². The van der Waals surface area contributed by atoms with Crippen LogP contribution in [0.3, 0.4) is 0 Å². The van der Waals surface area contributed by atoms with Gasteiger partial charge in [0.15, 0.2) is 0 Å². The van der Waals surface area contributed by atoms with Gasteiger partial charge in [-0.15, -0.1) is 0 Å². The third-order valence-electron chi connectivity index (χ3n) is 2.60. The lowest BCUT2D eigenvalue weighted by atomic mass is 10.1. The Morgan fingerprint density at radius 3 is 2.74 bits per heavy atom. The second-order valence-electron chi connectivity index (χ2n) is 5.08. The average Bonchev–Trinajstić information content (AvgIpc) is 2.36. The SMILES string of the molecule is CC(C)(CO)NC(=O)CCCOc1ccccc1N. The third-order valence-corrected chi connectivity index (χ3v) is 2.60. The predicted octanol–water partition coefficient (Wildman–Crippen LogP) is 1.31. The molecular weight excluding hydrogens is 244 g/mol. The first-order valence-corrected chi connectivity index (χ1v) is 6.34. The number of ether oxygens (including phenoxy) is 1. The zero-order valence-corrected chi connectivity index (χ0v) is 11.5. The minimum absolute atomic E-state index is 0.0875. The number of benzene rings is 1. The van der Waals surface area contributed by atoms with E-state index in [0.717, 1.165) is 0 Å². The Morgan fingerprint density at radius 1 is 1.42 bits per heavy atom. The summed E-state index contributed by atoms with van der Waals surface area (Å²) in [7, 11) is 0. The van der Waals surface area contributed by atoms with E-state index in [1.807, 2.05) is 12.1 Å². The number of carbonyl (C=O) groups is 1. The van der Waals surface area contributed by atoms with Gasteiger partial charge in [-0.25, -0.2) is 0 Å². The lowest BCUT2D eigenvalue weighted by Gasteiger charge is -2.23. The van der Waals surface area contributed by atoms with Crippen molar-refractivity contribution in [2.24, 2.45) is 0 Å². The summed E-state index contributed by atoms with van der Waals surface area (Å²) in [6.45, 7) is 3.88. The van der Waals surface area contributed by atoms with Crippen molar-refractivity contribution in [1.29, 1.82) is 0 Å². The quantitative estimate of drug-likeness (QED) is 0.513. The lowest BCUT2D eigenvalue weighted by Crippen LogP contribution is -2.46. The number of nitrogen functional groups attached to an aromatic ring is 1. The Labute approximate surface area is 113 Å². The maximum Gasteiger partial charge on any atom is 0.220 e. The van der Waals surface area contributed by atoms with Crippen LogP contribution in [-0.2, 0) is 4.79 Å². The molecule has 1 rings (SSSR count). The number of nitrogens with two attached hydrogens (primary N) is 1. The number of amides is 1. The monoisotopic (exact) mass is 266 g/mol. The summed E-state index contributed by atoms with van der Waals surface area (Å²) in [6.07, 6.45) is 0.956. The molecule has 0 atom stereocenters. The molecule has 0 saturated carbocycles. The fourth-order valence-electron chi connectivity index (χ4n) is 1.51. The van der Waals surface area contributed by atoms with Gasteiger partial charge in [0.1, 0.15) is 5.75 Å². The van der Waals surface area contributed by atoms with Crippen molar-refractivity contribution in [3.8, 4) is 5.75 Å². The molecular formula is C14H22N2O3. The van der Waals surface area contributed by atoms with Gasteiger partial charge in [-0.3, -0.25) is 4.79 Å². The van der Waals surface area contributed by atoms with Crippen LogP contribution in [0.1, 0.15) is 26.7 Å². The van der Waals surface area contributed by atoms with Crippen LogP contribution in [0, 0.1) is 0 Å². The van der Waals surface area contributed by atoms with Gasteiger partial charge in [-0.05, 0) is 32.4 Å². The molecule has 0 aliphatic carbocycles. The maximum absolute atomic E-state index is 11.6. The summed E-state index contributed by atoms with van der Waals surface area (Å²) >= 11 is 0. The molecule has 0 radical (unpaired) electrons. The summed E-state index contributed by atoms with van der Waals surface area (Å²) in [4.78, 5) is 11.6. The second-order valence-corrected chi connectivity index (χ2v) is 5.08. The molecule has 1 aromatic carbocycles. The predicted molar refractivity (Wildman–Crippen MR) is 74.9 cm³/mol. The van der Waals surface area contributed by atoms with Crippen molar-refractivity contribution in [3.05, 3.63) is 24.3 Å². The average molecular weight is 266 g/mol. The van der Waals surface area contributed by atoms with E-state index in [9.17, 15) is 4.79 Å². The second kappa shape index (κ2) is 6.99. The van der Waals surface area contributed by atoms with Crippen LogP contribution in [-0.4, -0.2) is 29.8 Å². The number of carbonyl (C=O) groups excluding carboxylic acids is 1. The number of hydrogen-bond donors (Lipinski definition) is 3. The van der Waals surface area contributed by atoms with Gasteiger partial charge in [0.25, 0.3) is 0 Å². The Balaban J connectivity index is 2.25. The van der Waals surface area contributed by atoms with Gasteiger partial charge in [0, 0.05) is 6.42 Å². The molecule has 0 unspecified atom stereocenters. The minimum atomic E-state index is -0.582. The summed E-state index contributed by atoms with van der Waals surface area (Å²) < 4.78 is 5.49. The van der Waals surface area contributed by atoms with Gasteiger partial charge < -0.3 is 20.9 Å². The molecule has 0 spiro atoms. The van der Waals surface area contributed by atoms with Crippen LogP contribution in [0.25, 0.3) is 0 Å². The van der Waals surface area contributed by atoms with Crippen LogP contribution in [0.5, 0.6) is 5.75 Å². The smallest absolute Gasteiger partial charge is 0.220 e. The summed E-state index contributed by atoms with van der Waals surface area (Å²) in [5.74, 6) is 0.544. The molecule has 19 heavy (non-hydrogen) atoms. The maximum atomic E-state index is 11.6. The van der Waals surface area contributed by atoms with E-state index in [2.05, 4.69) is 5.32 Å². The number of para-hydroxylation sites is 2. The zero-order chi connectivity index (χ0) is 14.3. The van der Waals surface area contributed by atoms with E-state index in [-0.39, 0.29) is 12.5 Å². The molecule has 1 amide bonds. The molecule has 0 aliphatic rings. The molecule has 0 aliphatic heterocycles. The van der Waals surface area contributed by atoms with Crippen molar-refractivity contribution in [2.45, 2.75) is 32.2 Å². The van der Waals surface area contributed by atoms with Gasteiger partial charge in [0.05, 0.1) is 24.4 Å². The van der Waals surface area contributed by atoms with Crippen LogP contribution < -0.4 is 15.8 Å². The van der Waals surface area contributed by atoms with E-state index in [0.29, 0.717) is 30.9 Å². The van der Waals surface area contributed by atoms with Crippen molar-refractivity contribution >= 4 is 11.6 Å². The number of rotatable bonds is 7. The Hall–Kier alpha value is -1.75. The van der Waals surface area contributed by atoms with Gasteiger partial charge in [0.2, 0.25) is 5.91 Å². The van der Waals surface area contributed by atoms with Gasteiger partial charge in [-0.1, -0.05) is 12.1 Å². The van der Waals surface area contributed by atoms with Crippen molar-refractivity contribution in [1.82, 2.24) is 5.32 Å². The number of aliphatic hydroxyl groups is 1. The van der Waals surface area contributed by atoms with E-state index in [1.54, 1.807) is 26.0 Å². The highest BCUT2D eigenvalue weighted by Crippen LogP contribution is 2.19. The first-order chi connectivity index (χ1) is 8.94. The Bertz CT molecular complexity index is 419. The van der Waals surface area contributed by atoms with E-state index >= 15 is 0 Å². The van der Waals surface area contributed by atoms with Gasteiger partial charge in [-0.2, -0.15) is 0 Å². The minimum Gasteiger partial charge on any atom is -0.491 e. The molecule has 1 aromatic rings. The Morgan fingerprint density at radius 2 is 2.11 bits per heavy atom. The standard InChI is InChI=1S/C14H22N2O3/c1-14(2,10-17)16-13(18)8-5-9-19-12-7-4-3-6-11(12)15/h3-4,6-7,17H,5,8-10,15H2,1-2H3,(H,16,18). The van der Waals surface area contributed by atoms with Crippen LogP contribution in [0.2, 0.25) is 0 Å². The number of nitrogens with one attached hydrogen (secondary N) is 1. The highest BCUT2D eigenvalue weighted by molar-refractivity contribution is 5.76. The molecule has 0 aromatic heterocycles. The van der Waals surface area contributed by atoms with E-state index in [4.69, 9.17) is 15.6 Å². The normalized spacial score (nSPS) is 11.1. The lowest BCUT2D eigenvalue weighted by molar-refractivity contribution is -0.123. The molecule has 0 heterocycles. The third kappa shape index (κ3) is 5.61. The van der Waals surface area contributed by atoms with Crippen molar-refractivity contribution in [3.63, 3.8) is 0 Å². The van der Waals surface area contributed by atoms with Crippen LogP contribution in [0.15, 0.2) is 24.3 Å². The first kappa shape index (κ1) is 15.3. The molecule has 106 valence electrons. The highest BCUT2D eigenvalue weighted by atomic mass is 16.5. The molecule has 0 bridgehead atoms. The van der Waals surface area contributed by atoms with Crippen molar-refractivity contribution in [2.75, 3.05) is 18.9 Å². The molecule has 4 N–H and O–H groups in total. The fraction of sp³-hybridized carbons (Fsp3) is 0.500. The molecule has 0 fully saturated rings. The fourth-order valence-corrected chi connectivity index (χ4v) is 1.51. The topological polar surface area (TPSA) is 84.6 Å². The highest BCUT2D eigenvalue weighted by Gasteiger charge is 2.18. The van der Waals surface area contributed by atoms with E-state index in [1.165, 1.54) is 0 Å². The van der Waals surface area contributed by atoms with Crippen LogP contribution in [0.4, 0.5) is 5.69 Å². The summed E-state index contributed by atoms with van der Waals surface area (Å²) in [6, 6.07) is 7.25. The van der Waals surface area contributed by atoms with Gasteiger partial charge >= 0.3 is 0 Å². The van der Waals surface area contributed by atoms with Crippen molar-refractivity contribution < 1.29 is 14.6 Å². The number of hydrogen-bond acceptors (Lipinski definition) is 4. The molecule has 5 heteroatoms. The molecule has 5 nitrogen and oxygen atoms in total. The van der Waals surface area contributed by atoms with E-state index < -0.39 is 5.54 Å². The summed E-state index contributed by atoms with van der Waals surface area (Å²) in [5, 5.41) is 11.8. The zero-order valence-electron chi connectivity index (χ0n) is 11.5. The first-order valence-electron chi connectivity index (χ1n) is 6.34. The molecule has 0 saturated heterocycles. The Kier molecular flexibility index (Phi) is 5.63.